The normalized spacial score (nSPS) is 16.6. The van der Waals surface area contributed by atoms with Crippen LogP contribution in [-0.2, 0) is 18.3 Å². The topological polar surface area (TPSA) is 69.0 Å². The molecular formula is C15H18N4O2. The molecule has 1 atom stereocenters. The van der Waals surface area contributed by atoms with Gasteiger partial charge < -0.3 is 4.74 Å². The molecule has 2 aromatic rings. The zero-order valence-electron chi connectivity index (χ0n) is 12.4. The number of hydrogen-bond donors (Lipinski definition) is 1. The highest BCUT2D eigenvalue weighted by Gasteiger charge is 2.29. The second kappa shape index (κ2) is 5.20. The molecule has 3 rings (SSSR count). The van der Waals surface area contributed by atoms with Gasteiger partial charge in [0.2, 0.25) is 11.9 Å². The fourth-order valence-electron chi connectivity index (χ4n) is 2.80. The number of anilines is 1. The van der Waals surface area contributed by atoms with E-state index >= 15 is 0 Å². The minimum absolute atomic E-state index is 0.0440. The van der Waals surface area contributed by atoms with Crippen LogP contribution >= 0.6 is 0 Å². The van der Waals surface area contributed by atoms with Gasteiger partial charge in [0.1, 0.15) is 11.6 Å². The van der Waals surface area contributed by atoms with Crippen molar-refractivity contribution in [1.29, 1.82) is 0 Å². The first kappa shape index (κ1) is 13.6. The molecule has 0 unspecified atom stereocenters. The maximum absolute atomic E-state index is 12.5. The van der Waals surface area contributed by atoms with E-state index in [1.165, 1.54) is 5.56 Å². The largest absolute Gasteiger partial charge is 0.497 e. The third-order valence-corrected chi connectivity index (χ3v) is 3.85. The third kappa shape index (κ3) is 2.49. The van der Waals surface area contributed by atoms with E-state index in [0.29, 0.717) is 11.8 Å². The highest BCUT2D eigenvalue weighted by Crippen LogP contribution is 2.36. The second-order valence-electron chi connectivity index (χ2n) is 5.25. The summed E-state index contributed by atoms with van der Waals surface area (Å²) in [5, 5.41) is 6.99. The molecular weight excluding hydrogens is 268 g/mol. The van der Waals surface area contributed by atoms with Crippen LogP contribution in [0.25, 0.3) is 0 Å². The molecule has 0 spiro atoms. The predicted octanol–water partition coefficient (Wildman–Crippen LogP) is 1.80. The van der Waals surface area contributed by atoms with Crippen LogP contribution in [0.1, 0.15) is 29.3 Å². The quantitative estimate of drug-likeness (QED) is 0.934. The van der Waals surface area contributed by atoms with Gasteiger partial charge in [0, 0.05) is 7.05 Å². The second-order valence-corrected chi connectivity index (χ2v) is 5.25. The molecule has 1 heterocycles. The molecule has 1 aromatic heterocycles. The van der Waals surface area contributed by atoms with Crippen LogP contribution in [0, 0.1) is 6.92 Å². The number of nitrogens with zero attached hydrogens (tertiary/aromatic N) is 3. The summed E-state index contributed by atoms with van der Waals surface area (Å²) in [6.45, 7) is 1.80. The lowest BCUT2D eigenvalue weighted by molar-refractivity contribution is -0.117. The van der Waals surface area contributed by atoms with Crippen molar-refractivity contribution < 1.29 is 9.53 Å². The molecule has 0 saturated carbocycles. The summed E-state index contributed by atoms with van der Waals surface area (Å²) < 4.78 is 6.83. The smallest absolute Gasteiger partial charge is 0.234 e. The Morgan fingerprint density at radius 1 is 1.48 bits per heavy atom. The molecule has 0 aliphatic heterocycles. The molecule has 6 heteroatoms. The Labute approximate surface area is 123 Å². The number of hydrogen-bond acceptors (Lipinski definition) is 4. The van der Waals surface area contributed by atoms with Crippen LogP contribution in [-0.4, -0.2) is 27.8 Å². The third-order valence-electron chi connectivity index (χ3n) is 3.85. The number of carbonyl (C=O) groups is 1. The number of benzene rings is 1. The molecule has 110 valence electrons. The number of rotatable bonds is 3. The van der Waals surface area contributed by atoms with Crippen molar-refractivity contribution in [2.45, 2.75) is 25.7 Å². The van der Waals surface area contributed by atoms with Crippen LogP contribution in [0.3, 0.4) is 0 Å². The Bertz CT molecular complexity index is 693. The van der Waals surface area contributed by atoms with Crippen LogP contribution in [0.4, 0.5) is 5.95 Å². The van der Waals surface area contributed by atoms with E-state index < -0.39 is 0 Å². The Morgan fingerprint density at radius 2 is 2.29 bits per heavy atom. The summed E-state index contributed by atoms with van der Waals surface area (Å²) in [4.78, 5) is 16.7. The zero-order valence-corrected chi connectivity index (χ0v) is 12.4. The number of nitrogens with one attached hydrogen (secondary N) is 1. The highest BCUT2D eigenvalue weighted by atomic mass is 16.5. The summed E-state index contributed by atoms with van der Waals surface area (Å²) in [7, 11) is 3.40. The fraction of sp³-hybridized carbons (Fsp3) is 0.400. The molecule has 0 radical (unpaired) electrons. The van der Waals surface area contributed by atoms with Crippen molar-refractivity contribution in [2.75, 3.05) is 12.4 Å². The maximum atomic E-state index is 12.5. The summed E-state index contributed by atoms with van der Waals surface area (Å²) >= 11 is 0. The average Bonchev–Trinajstić information content (AvgIpc) is 3.01. The number of amides is 1. The van der Waals surface area contributed by atoms with Gasteiger partial charge in [-0.2, -0.15) is 10.1 Å². The molecule has 6 nitrogen and oxygen atoms in total. The lowest BCUT2D eigenvalue weighted by Gasteiger charge is -2.12. The lowest BCUT2D eigenvalue weighted by Crippen LogP contribution is -2.21. The number of methoxy groups -OCH3 is 1. The van der Waals surface area contributed by atoms with Gasteiger partial charge in [-0.05, 0) is 43.0 Å². The minimum Gasteiger partial charge on any atom is -0.497 e. The zero-order chi connectivity index (χ0) is 15.0. The van der Waals surface area contributed by atoms with E-state index in [1.807, 2.05) is 18.2 Å². The van der Waals surface area contributed by atoms with Crippen molar-refractivity contribution in [1.82, 2.24) is 14.8 Å². The minimum atomic E-state index is -0.160. The summed E-state index contributed by atoms with van der Waals surface area (Å²) in [5.74, 6) is 1.70. The molecule has 1 aromatic carbocycles. The van der Waals surface area contributed by atoms with Crippen LogP contribution in [0.15, 0.2) is 18.2 Å². The van der Waals surface area contributed by atoms with Gasteiger partial charge in [-0.15, -0.1) is 0 Å². The maximum Gasteiger partial charge on any atom is 0.234 e. The van der Waals surface area contributed by atoms with Gasteiger partial charge in [0.25, 0.3) is 0 Å². The van der Waals surface area contributed by atoms with Crippen molar-refractivity contribution in [2.24, 2.45) is 7.05 Å². The van der Waals surface area contributed by atoms with Gasteiger partial charge in [-0.1, -0.05) is 6.07 Å². The molecule has 1 aliphatic carbocycles. The number of fused-ring (bicyclic) bond motifs is 1. The Morgan fingerprint density at radius 3 is 2.95 bits per heavy atom. The summed E-state index contributed by atoms with van der Waals surface area (Å²) in [6.07, 6.45) is 1.72. The monoisotopic (exact) mass is 286 g/mol. The molecule has 21 heavy (non-hydrogen) atoms. The van der Waals surface area contributed by atoms with Gasteiger partial charge in [0.05, 0.1) is 13.0 Å². The van der Waals surface area contributed by atoms with E-state index in [9.17, 15) is 4.79 Å². The first-order valence-corrected chi connectivity index (χ1v) is 6.94. The van der Waals surface area contributed by atoms with Gasteiger partial charge in [0.15, 0.2) is 0 Å². The predicted molar refractivity (Wildman–Crippen MR) is 78.4 cm³/mol. The fourth-order valence-corrected chi connectivity index (χ4v) is 2.80. The van der Waals surface area contributed by atoms with Crippen LogP contribution in [0.2, 0.25) is 0 Å². The van der Waals surface area contributed by atoms with Crippen molar-refractivity contribution in [3.05, 3.63) is 35.2 Å². The molecule has 0 saturated heterocycles. The van der Waals surface area contributed by atoms with Crippen molar-refractivity contribution in [3.63, 3.8) is 0 Å². The first-order chi connectivity index (χ1) is 10.1. The number of ether oxygens (including phenoxy) is 1. The highest BCUT2D eigenvalue weighted by molar-refractivity contribution is 5.95. The first-order valence-electron chi connectivity index (χ1n) is 6.94. The van der Waals surface area contributed by atoms with Gasteiger partial charge >= 0.3 is 0 Å². The van der Waals surface area contributed by atoms with Crippen molar-refractivity contribution >= 4 is 11.9 Å². The number of aryl methyl sites for hydroxylation is 3. The van der Waals surface area contributed by atoms with E-state index in [0.717, 1.165) is 24.2 Å². The number of carbonyl (C=O) groups excluding carboxylic acids is 1. The summed E-state index contributed by atoms with van der Waals surface area (Å²) in [6, 6.07) is 5.92. The van der Waals surface area contributed by atoms with E-state index in [-0.39, 0.29) is 11.8 Å². The molecule has 0 bridgehead atoms. The van der Waals surface area contributed by atoms with E-state index in [2.05, 4.69) is 15.4 Å². The molecule has 0 fully saturated rings. The Hall–Kier alpha value is -2.37. The lowest BCUT2D eigenvalue weighted by atomic mass is 10.0. The van der Waals surface area contributed by atoms with Crippen LogP contribution < -0.4 is 10.1 Å². The average molecular weight is 286 g/mol. The van der Waals surface area contributed by atoms with Crippen LogP contribution in [0.5, 0.6) is 5.75 Å². The molecule has 1 aliphatic rings. The Kier molecular flexibility index (Phi) is 3.37. The van der Waals surface area contributed by atoms with Crippen molar-refractivity contribution in [3.8, 4) is 5.75 Å². The Balaban J connectivity index is 1.83. The standard InChI is InChI=1S/C15H18N4O2/c1-9-16-15(19(2)18-9)17-14(20)12-7-5-10-4-6-11(21-3)8-13(10)12/h4,6,8,12H,5,7H2,1-3H3,(H,16,17,18,20)/t12-/m1/s1. The van der Waals surface area contributed by atoms with Gasteiger partial charge in [-0.3, -0.25) is 10.1 Å². The van der Waals surface area contributed by atoms with E-state index in [1.54, 1.807) is 25.8 Å². The number of aromatic nitrogens is 3. The molecule has 1 amide bonds. The SMILES string of the molecule is COc1ccc2c(c1)[C@H](C(=O)Nc1nc(C)nn1C)CC2. The summed E-state index contributed by atoms with van der Waals surface area (Å²) in [5.41, 5.74) is 2.26. The molecule has 1 N–H and O–H groups in total. The van der Waals surface area contributed by atoms with Gasteiger partial charge in [-0.25, -0.2) is 4.68 Å². The van der Waals surface area contributed by atoms with E-state index in [4.69, 9.17) is 4.74 Å².